The highest BCUT2D eigenvalue weighted by Gasteiger charge is 2.43. The fourth-order valence-corrected chi connectivity index (χ4v) is 6.25. The summed E-state index contributed by atoms with van der Waals surface area (Å²) < 4.78 is 11.1. The van der Waals surface area contributed by atoms with E-state index in [1.807, 2.05) is 55.5 Å². The number of carbonyl (C=O) groups is 3. The molecule has 0 unspecified atom stereocenters. The maximum Gasteiger partial charge on any atom is 0.247 e. The third-order valence-corrected chi connectivity index (χ3v) is 8.72. The Kier molecular flexibility index (Phi) is 11.0. The summed E-state index contributed by atoms with van der Waals surface area (Å²) in [5.74, 6) is 0.512. The van der Waals surface area contributed by atoms with Gasteiger partial charge in [-0.05, 0) is 62.4 Å². The van der Waals surface area contributed by atoms with Crippen molar-refractivity contribution in [2.45, 2.75) is 51.2 Å². The van der Waals surface area contributed by atoms with Gasteiger partial charge in [-0.3, -0.25) is 14.4 Å². The first-order valence-corrected chi connectivity index (χ1v) is 15.0. The second-order valence-corrected chi connectivity index (χ2v) is 11.3. The number of hydrogen-bond donors (Lipinski definition) is 2. The molecule has 1 fully saturated rings. The van der Waals surface area contributed by atoms with Crippen LogP contribution in [0.5, 0.6) is 5.75 Å². The molecule has 1 aliphatic rings. The molecule has 7 nitrogen and oxygen atoms in total. The van der Waals surface area contributed by atoms with Crippen LogP contribution in [-0.2, 0) is 20.7 Å². The van der Waals surface area contributed by atoms with E-state index in [0.29, 0.717) is 48.6 Å². The predicted molar refractivity (Wildman–Crippen MR) is 163 cm³/mol. The van der Waals surface area contributed by atoms with E-state index in [9.17, 15) is 14.4 Å². The summed E-state index contributed by atoms with van der Waals surface area (Å²) in [7, 11) is 1.59. The molecule has 0 aromatic heterocycles. The van der Waals surface area contributed by atoms with E-state index in [1.54, 1.807) is 43.5 Å². The minimum absolute atomic E-state index is 0.0669. The smallest absolute Gasteiger partial charge is 0.247 e. The van der Waals surface area contributed by atoms with Crippen molar-refractivity contribution in [1.29, 1.82) is 0 Å². The normalized spacial score (nSPS) is 19.1. The van der Waals surface area contributed by atoms with Crippen LogP contribution in [0.15, 0.2) is 84.9 Å². The van der Waals surface area contributed by atoms with Gasteiger partial charge in [-0.15, -0.1) is 0 Å². The number of nitrogens with one attached hydrogen (secondary N) is 2. The summed E-state index contributed by atoms with van der Waals surface area (Å²) in [5.41, 5.74) is 1.36. The van der Waals surface area contributed by atoms with Crippen molar-refractivity contribution in [1.82, 2.24) is 5.32 Å². The van der Waals surface area contributed by atoms with Crippen LogP contribution >= 0.6 is 11.8 Å². The van der Waals surface area contributed by atoms with Crippen LogP contribution in [0.2, 0.25) is 0 Å². The van der Waals surface area contributed by atoms with Crippen LogP contribution in [0.25, 0.3) is 0 Å². The molecule has 216 valence electrons. The fraction of sp³-hybridized carbons (Fsp3) is 0.364. The number of rotatable bonds is 12. The van der Waals surface area contributed by atoms with Crippen molar-refractivity contribution >= 4 is 34.4 Å². The molecule has 1 aliphatic carbocycles. The summed E-state index contributed by atoms with van der Waals surface area (Å²) in [6.07, 6.45) is 3.04. The second kappa shape index (κ2) is 14.8. The van der Waals surface area contributed by atoms with Gasteiger partial charge in [0.15, 0.2) is 0 Å². The van der Waals surface area contributed by atoms with Gasteiger partial charge in [-0.25, -0.2) is 0 Å². The van der Waals surface area contributed by atoms with E-state index in [0.717, 1.165) is 18.4 Å². The third kappa shape index (κ3) is 8.44. The molecule has 0 bridgehead atoms. The lowest BCUT2D eigenvalue weighted by atomic mass is 9.73. The van der Waals surface area contributed by atoms with E-state index in [4.69, 9.17) is 9.47 Å². The molecule has 41 heavy (non-hydrogen) atoms. The molecule has 3 aromatic carbocycles. The number of amides is 2. The number of methoxy groups -OCH3 is 1. The number of thioether (sulfide) groups is 1. The molecule has 1 atom stereocenters. The van der Waals surface area contributed by atoms with Crippen molar-refractivity contribution in [3.63, 3.8) is 0 Å². The van der Waals surface area contributed by atoms with E-state index in [2.05, 4.69) is 10.6 Å². The zero-order chi connectivity index (χ0) is 29.1. The summed E-state index contributed by atoms with van der Waals surface area (Å²) in [6.45, 7) is 2.59. The van der Waals surface area contributed by atoms with Crippen LogP contribution in [0, 0.1) is 5.41 Å². The monoisotopic (exact) mass is 574 g/mol. The first kappa shape index (κ1) is 30.3. The lowest BCUT2D eigenvalue weighted by Crippen LogP contribution is -2.53. The molecule has 0 aliphatic heterocycles. The average molecular weight is 575 g/mol. The van der Waals surface area contributed by atoms with E-state index >= 15 is 0 Å². The van der Waals surface area contributed by atoms with Gasteiger partial charge >= 0.3 is 0 Å². The number of anilines is 1. The Hall–Kier alpha value is -3.62. The summed E-state index contributed by atoms with van der Waals surface area (Å²) in [6, 6.07) is 25.0. The molecule has 0 saturated heterocycles. The Morgan fingerprint density at radius 2 is 1.56 bits per heavy atom. The highest BCUT2D eigenvalue weighted by atomic mass is 32.2. The Morgan fingerprint density at radius 1 is 0.927 bits per heavy atom. The van der Waals surface area contributed by atoms with Crippen LogP contribution in [-0.4, -0.2) is 48.5 Å². The molecule has 2 amide bonds. The molecule has 3 aromatic rings. The van der Waals surface area contributed by atoms with Gasteiger partial charge in [0, 0.05) is 30.0 Å². The molecular formula is C33H38N2O5S. The minimum Gasteiger partial charge on any atom is -0.497 e. The minimum atomic E-state index is -0.802. The van der Waals surface area contributed by atoms with Gasteiger partial charge < -0.3 is 20.1 Å². The van der Waals surface area contributed by atoms with Gasteiger partial charge in [-0.1, -0.05) is 72.4 Å². The standard InChI is InChI=1S/C33H38N2O5S/c1-3-40-28-18-20-33(21-19-28,23-41-31(37)25-12-8-5-9-13-25)32(38)35-29(22-24-10-6-4-7-11-24)30(36)34-26-14-16-27(39-2)17-15-26/h4-17,28-29H,3,18-23H2,1-2H3,(H,34,36)(H,35,38)/t28?,29-,33?/m0/s1. The van der Waals surface area contributed by atoms with Crippen LogP contribution in [0.4, 0.5) is 5.69 Å². The Morgan fingerprint density at radius 3 is 2.17 bits per heavy atom. The summed E-state index contributed by atoms with van der Waals surface area (Å²) in [5, 5.41) is 5.96. The van der Waals surface area contributed by atoms with Crippen molar-refractivity contribution < 1.29 is 23.9 Å². The van der Waals surface area contributed by atoms with Crippen LogP contribution in [0.1, 0.15) is 48.5 Å². The van der Waals surface area contributed by atoms with Crippen LogP contribution in [0.3, 0.4) is 0 Å². The van der Waals surface area contributed by atoms with E-state index < -0.39 is 11.5 Å². The Bertz CT molecular complexity index is 1280. The number of hydrogen-bond acceptors (Lipinski definition) is 6. The van der Waals surface area contributed by atoms with Crippen molar-refractivity contribution in [3.8, 4) is 5.75 Å². The first-order valence-electron chi connectivity index (χ1n) is 14.1. The molecule has 0 spiro atoms. The Balaban J connectivity index is 1.53. The highest BCUT2D eigenvalue weighted by molar-refractivity contribution is 8.14. The van der Waals surface area contributed by atoms with Gasteiger partial charge in [-0.2, -0.15) is 0 Å². The lowest BCUT2D eigenvalue weighted by molar-refractivity contribution is -0.136. The quantitative estimate of drug-likeness (QED) is 0.280. The van der Waals surface area contributed by atoms with Gasteiger partial charge in [0.1, 0.15) is 11.8 Å². The maximum atomic E-state index is 14.1. The molecule has 0 radical (unpaired) electrons. The number of benzene rings is 3. The summed E-state index contributed by atoms with van der Waals surface area (Å²) >= 11 is 1.17. The number of ether oxygens (including phenoxy) is 2. The zero-order valence-electron chi connectivity index (χ0n) is 23.6. The SMILES string of the molecule is CCOC1CCC(CSC(=O)c2ccccc2)(C(=O)N[C@@H](Cc2ccccc2)C(=O)Nc2ccc(OC)cc2)CC1. The van der Waals surface area contributed by atoms with E-state index in [-0.39, 0.29) is 23.0 Å². The highest BCUT2D eigenvalue weighted by Crippen LogP contribution is 2.41. The van der Waals surface area contributed by atoms with E-state index in [1.165, 1.54) is 11.8 Å². The van der Waals surface area contributed by atoms with Crippen LogP contribution < -0.4 is 15.4 Å². The second-order valence-electron chi connectivity index (χ2n) is 10.3. The first-order chi connectivity index (χ1) is 19.9. The molecular weight excluding hydrogens is 536 g/mol. The lowest BCUT2D eigenvalue weighted by Gasteiger charge is -2.39. The molecule has 0 heterocycles. The maximum absolute atomic E-state index is 14.1. The third-order valence-electron chi connectivity index (χ3n) is 7.52. The molecule has 8 heteroatoms. The topological polar surface area (TPSA) is 93.7 Å². The summed E-state index contributed by atoms with van der Waals surface area (Å²) in [4.78, 5) is 40.6. The average Bonchev–Trinajstić information content (AvgIpc) is 3.01. The van der Waals surface area contributed by atoms with Crippen molar-refractivity contribution in [3.05, 3.63) is 96.1 Å². The van der Waals surface area contributed by atoms with Crippen molar-refractivity contribution in [2.75, 3.05) is 24.8 Å². The molecule has 4 rings (SSSR count). The van der Waals surface area contributed by atoms with Gasteiger partial charge in [0.25, 0.3) is 0 Å². The Labute approximate surface area is 246 Å². The zero-order valence-corrected chi connectivity index (χ0v) is 24.5. The fourth-order valence-electron chi connectivity index (χ4n) is 5.12. The molecule has 1 saturated carbocycles. The van der Waals surface area contributed by atoms with Crippen molar-refractivity contribution in [2.24, 2.45) is 5.41 Å². The number of carbonyl (C=O) groups excluding carboxylic acids is 3. The largest absolute Gasteiger partial charge is 0.497 e. The van der Waals surface area contributed by atoms with Gasteiger partial charge in [0.05, 0.1) is 18.6 Å². The molecule has 2 N–H and O–H groups in total. The predicted octanol–water partition coefficient (Wildman–Crippen LogP) is 5.90. The van der Waals surface area contributed by atoms with Gasteiger partial charge in [0.2, 0.25) is 16.9 Å².